The predicted molar refractivity (Wildman–Crippen MR) is 72.3 cm³/mol. The van der Waals surface area contributed by atoms with Crippen LogP contribution in [0.2, 0.25) is 0 Å². The van der Waals surface area contributed by atoms with E-state index in [1.165, 1.54) is 0 Å². The van der Waals surface area contributed by atoms with Gasteiger partial charge >= 0.3 is 12.1 Å². The van der Waals surface area contributed by atoms with E-state index in [9.17, 15) is 22.8 Å². The first-order valence-corrected chi connectivity index (χ1v) is 6.71. The van der Waals surface area contributed by atoms with E-state index in [0.29, 0.717) is 19.0 Å². The number of aromatic nitrogens is 1. The Bertz CT molecular complexity index is 537. The standard InChI is InChI=1S/C14H17F3N2O3/c1-3-13(4-2,7-11(20)21)19-12(22)10-6-5-9(8-18-10)14(15,16)17/h5-6,8H,3-4,7H2,1-2H3,(H,19,22)(H,20,21). The fraction of sp³-hybridized carbons (Fsp3) is 0.500. The molecule has 0 saturated carbocycles. The van der Waals surface area contributed by atoms with Crippen LogP contribution in [0.1, 0.15) is 49.2 Å². The Kier molecular flexibility index (Phi) is 5.51. The highest BCUT2D eigenvalue weighted by atomic mass is 19.4. The summed E-state index contributed by atoms with van der Waals surface area (Å²) in [5.41, 5.74) is -2.09. The maximum absolute atomic E-state index is 12.4. The molecule has 0 spiro atoms. The number of carbonyl (C=O) groups is 2. The van der Waals surface area contributed by atoms with Crippen molar-refractivity contribution in [2.45, 2.75) is 44.8 Å². The molecule has 0 aliphatic rings. The molecule has 8 heteroatoms. The molecule has 0 radical (unpaired) electrons. The maximum atomic E-state index is 12.4. The Hall–Kier alpha value is -2.12. The van der Waals surface area contributed by atoms with Gasteiger partial charge in [-0.25, -0.2) is 0 Å². The second kappa shape index (κ2) is 6.76. The molecular formula is C14H17F3N2O3. The van der Waals surface area contributed by atoms with Crippen molar-refractivity contribution in [2.75, 3.05) is 0 Å². The van der Waals surface area contributed by atoms with Crippen molar-refractivity contribution >= 4 is 11.9 Å². The van der Waals surface area contributed by atoms with Gasteiger partial charge < -0.3 is 10.4 Å². The zero-order valence-corrected chi connectivity index (χ0v) is 12.2. The summed E-state index contributed by atoms with van der Waals surface area (Å²) in [6.45, 7) is 3.46. The predicted octanol–water partition coefficient (Wildman–Crippen LogP) is 2.86. The molecule has 2 N–H and O–H groups in total. The number of hydrogen-bond acceptors (Lipinski definition) is 3. The van der Waals surface area contributed by atoms with Gasteiger partial charge in [0.15, 0.2) is 0 Å². The fourth-order valence-electron chi connectivity index (χ4n) is 2.01. The molecule has 5 nitrogen and oxygen atoms in total. The topological polar surface area (TPSA) is 79.3 Å². The van der Waals surface area contributed by atoms with E-state index in [-0.39, 0.29) is 12.1 Å². The van der Waals surface area contributed by atoms with Crippen LogP contribution < -0.4 is 5.32 Å². The molecular weight excluding hydrogens is 301 g/mol. The van der Waals surface area contributed by atoms with Gasteiger partial charge in [-0.3, -0.25) is 14.6 Å². The number of nitrogens with zero attached hydrogens (tertiary/aromatic N) is 1. The van der Waals surface area contributed by atoms with Crippen LogP contribution in [-0.2, 0) is 11.0 Å². The van der Waals surface area contributed by atoms with Crippen molar-refractivity contribution in [3.63, 3.8) is 0 Å². The van der Waals surface area contributed by atoms with Crippen LogP contribution >= 0.6 is 0 Å². The number of halogens is 3. The Morgan fingerprint density at radius 3 is 2.18 bits per heavy atom. The maximum Gasteiger partial charge on any atom is 0.417 e. The number of aliphatic carboxylic acids is 1. The number of carboxylic acids is 1. The Morgan fingerprint density at radius 1 is 1.23 bits per heavy atom. The normalized spacial score (nSPS) is 12.0. The van der Waals surface area contributed by atoms with Crippen molar-refractivity contribution in [1.29, 1.82) is 0 Å². The van der Waals surface area contributed by atoms with Crippen molar-refractivity contribution in [3.05, 3.63) is 29.6 Å². The minimum absolute atomic E-state index is 0.190. The van der Waals surface area contributed by atoms with Crippen LogP contribution in [-0.4, -0.2) is 27.5 Å². The summed E-state index contributed by atoms with van der Waals surface area (Å²) in [4.78, 5) is 26.5. The molecule has 1 aromatic rings. The Balaban J connectivity index is 2.93. The van der Waals surface area contributed by atoms with E-state index < -0.39 is 29.2 Å². The molecule has 122 valence electrons. The van der Waals surface area contributed by atoms with Crippen LogP contribution in [0.25, 0.3) is 0 Å². The van der Waals surface area contributed by atoms with Gasteiger partial charge in [0.1, 0.15) is 5.69 Å². The van der Waals surface area contributed by atoms with Crippen molar-refractivity contribution < 1.29 is 27.9 Å². The van der Waals surface area contributed by atoms with Gasteiger partial charge in [-0.1, -0.05) is 13.8 Å². The lowest BCUT2D eigenvalue weighted by Crippen LogP contribution is -2.49. The quantitative estimate of drug-likeness (QED) is 0.845. The lowest BCUT2D eigenvalue weighted by atomic mass is 9.89. The number of carbonyl (C=O) groups excluding carboxylic acids is 1. The zero-order valence-electron chi connectivity index (χ0n) is 12.2. The average Bonchev–Trinajstić information content (AvgIpc) is 2.45. The van der Waals surface area contributed by atoms with Gasteiger partial charge in [-0.05, 0) is 25.0 Å². The van der Waals surface area contributed by atoms with E-state index in [1.54, 1.807) is 13.8 Å². The molecule has 0 aliphatic heterocycles. The second-order valence-electron chi connectivity index (χ2n) is 4.94. The number of amides is 1. The lowest BCUT2D eigenvalue weighted by Gasteiger charge is -2.31. The third-order valence-electron chi connectivity index (χ3n) is 3.55. The van der Waals surface area contributed by atoms with Crippen LogP contribution in [0.3, 0.4) is 0 Å². The molecule has 1 amide bonds. The minimum atomic E-state index is -4.53. The molecule has 1 heterocycles. The number of hydrogen-bond donors (Lipinski definition) is 2. The summed E-state index contributed by atoms with van der Waals surface area (Å²) < 4.78 is 37.3. The zero-order chi connectivity index (χ0) is 17.0. The van der Waals surface area contributed by atoms with Gasteiger partial charge in [0, 0.05) is 6.20 Å². The molecule has 0 unspecified atom stereocenters. The molecule has 1 rings (SSSR count). The molecule has 0 aliphatic carbocycles. The summed E-state index contributed by atoms with van der Waals surface area (Å²) >= 11 is 0. The third kappa shape index (κ3) is 4.44. The van der Waals surface area contributed by atoms with E-state index in [1.807, 2.05) is 0 Å². The van der Waals surface area contributed by atoms with Crippen LogP contribution in [0.15, 0.2) is 18.3 Å². The lowest BCUT2D eigenvalue weighted by molar-refractivity contribution is -0.139. The van der Waals surface area contributed by atoms with Crippen LogP contribution in [0.5, 0.6) is 0 Å². The highest BCUT2D eigenvalue weighted by Crippen LogP contribution is 2.28. The Labute approximate surface area is 125 Å². The Morgan fingerprint density at radius 2 is 1.82 bits per heavy atom. The highest BCUT2D eigenvalue weighted by Gasteiger charge is 2.33. The smallest absolute Gasteiger partial charge is 0.417 e. The summed E-state index contributed by atoms with van der Waals surface area (Å²) in [6.07, 6.45) is -3.47. The second-order valence-corrected chi connectivity index (χ2v) is 4.94. The number of rotatable bonds is 6. The van der Waals surface area contributed by atoms with Crippen molar-refractivity contribution in [2.24, 2.45) is 0 Å². The van der Waals surface area contributed by atoms with Gasteiger partial charge in [0.25, 0.3) is 5.91 Å². The SMILES string of the molecule is CCC(CC)(CC(=O)O)NC(=O)c1ccc(C(F)(F)F)cn1. The van der Waals surface area contributed by atoms with Gasteiger partial charge in [0.05, 0.1) is 17.5 Å². The molecule has 1 aromatic heterocycles. The summed E-state index contributed by atoms with van der Waals surface area (Å²) in [6, 6.07) is 1.73. The first-order valence-electron chi connectivity index (χ1n) is 6.71. The third-order valence-corrected chi connectivity index (χ3v) is 3.55. The largest absolute Gasteiger partial charge is 0.481 e. The average molecular weight is 318 g/mol. The van der Waals surface area contributed by atoms with Gasteiger partial charge in [-0.15, -0.1) is 0 Å². The minimum Gasteiger partial charge on any atom is -0.481 e. The molecule has 0 fully saturated rings. The number of carboxylic acid groups (broad SMARTS) is 1. The molecule has 0 saturated heterocycles. The van der Waals surface area contributed by atoms with E-state index in [0.717, 1.165) is 12.1 Å². The summed E-state index contributed by atoms with van der Waals surface area (Å²) in [5.74, 6) is -1.76. The first kappa shape index (κ1) is 17.9. The van der Waals surface area contributed by atoms with Crippen LogP contribution in [0, 0.1) is 0 Å². The van der Waals surface area contributed by atoms with Crippen LogP contribution in [0.4, 0.5) is 13.2 Å². The molecule has 22 heavy (non-hydrogen) atoms. The number of nitrogens with one attached hydrogen (secondary N) is 1. The molecule has 0 atom stereocenters. The van der Waals surface area contributed by atoms with Crippen molar-refractivity contribution in [3.8, 4) is 0 Å². The van der Waals surface area contributed by atoms with Gasteiger partial charge in [-0.2, -0.15) is 13.2 Å². The number of pyridine rings is 1. The number of alkyl halides is 3. The summed E-state index contributed by atoms with van der Waals surface area (Å²) in [7, 11) is 0. The van der Waals surface area contributed by atoms with Crippen molar-refractivity contribution in [1.82, 2.24) is 10.3 Å². The fourth-order valence-corrected chi connectivity index (χ4v) is 2.01. The first-order chi connectivity index (χ1) is 10.1. The summed E-state index contributed by atoms with van der Waals surface area (Å²) in [5, 5.41) is 11.5. The molecule has 0 bridgehead atoms. The highest BCUT2D eigenvalue weighted by molar-refractivity contribution is 5.93. The van der Waals surface area contributed by atoms with E-state index in [4.69, 9.17) is 5.11 Å². The van der Waals surface area contributed by atoms with E-state index in [2.05, 4.69) is 10.3 Å². The van der Waals surface area contributed by atoms with Gasteiger partial charge in [0.2, 0.25) is 0 Å². The molecule has 0 aromatic carbocycles. The van der Waals surface area contributed by atoms with E-state index >= 15 is 0 Å². The monoisotopic (exact) mass is 318 g/mol.